The number of carbonyl (C=O) groups is 2. The highest BCUT2D eigenvalue weighted by Gasteiger charge is 2.31. The van der Waals surface area contributed by atoms with E-state index in [1.165, 1.54) is 4.90 Å². The van der Waals surface area contributed by atoms with Gasteiger partial charge in [0.15, 0.2) is 0 Å². The predicted octanol–water partition coefficient (Wildman–Crippen LogP) is 2.17. The molecular weight excluding hydrogens is 232 g/mol. The van der Waals surface area contributed by atoms with Gasteiger partial charge in [-0.3, -0.25) is 4.79 Å². The van der Waals surface area contributed by atoms with Crippen molar-refractivity contribution >= 4 is 12.0 Å². The number of urea groups is 1. The molecule has 1 aliphatic heterocycles. The normalized spacial score (nSPS) is 17.2. The smallest absolute Gasteiger partial charge is 0.323 e. The van der Waals surface area contributed by atoms with Crippen LogP contribution in [-0.2, 0) is 4.79 Å². The number of likely N-dealkylation sites (tertiary alicyclic amines) is 1. The Bertz CT molecular complexity index is 302. The van der Waals surface area contributed by atoms with E-state index in [9.17, 15) is 9.59 Å². The van der Waals surface area contributed by atoms with Gasteiger partial charge >= 0.3 is 12.0 Å². The fraction of sp³-hybridized carbons (Fsp3) is 0.846. The van der Waals surface area contributed by atoms with E-state index in [1.807, 2.05) is 20.8 Å². The molecule has 0 aliphatic carbocycles. The molecule has 5 heteroatoms. The van der Waals surface area contributed by atoms with E-state index in [-0.39, 0.29) is 12.6 Å². The molecule has 0 aromatic heterocycles. The minimum Gasteiger partial charge on any atom is -0.480 e. The number of aliphatic carboxylic acids is 1. The molecule has 0 saturated carbocycles. The lowest BCUT2D eigenvalue weighted by Gasteiger charge is -2.38. The van der Waals surface area contributed by atoms with Crippen LogP contribution in [0.4, 0.5) is 4.79 Å². The van der Waals surface area contributed by atoms with Gasteiger partial charge in [0.05, 0.1) is 0 Å². The minimum atomic E-state index is -0.965. The van der Waals surface area contributed by atoms with Crippen molar-refractivity contribution in [3.05, 3.63) is 0 Å². The van der Waals surface area contributed by atoms with Gasteiger partial charge in [0.1, 0.15) is 6.54 Å². The number of rotatable bonds is 2. The number of nitrogens with zero attached hydrogens (tertiary/aromatic N) is 2. The second kappa shape index (κ2) is 6.07. The van der Waals surface area contributed by atoms with Crippen LogP contribution in [0.25, 0.3) is 0 Å². The summed E-state index contributed by atoms with van der Waals surface area (Å²) in [6, 6.07) is -0.146. The topological polar surface area (TPSA) is 60.9 Å². The molecule has 0 aromatic rings. The van der Waals surface area contributed by atoms with Crippen molar-refractivity contribution in [1.82, 2.24) is 9.80 Å². The Balaban J connectivity index is 2.77. The van der Waals surface area contributed by atoms with E-state index >= 15 is 0 Å². The second-order valence-electron chi connectivity index (χ2n) is 5.83. The molecule has 1 heterocycles. The first-order chi connectivity index (χ1) is 8.32. The summed E-state index contributed by atoms with van der Waals surface area (Å²) in [5, 5.41) is 8.94. The first kappa shape index (κ1) is 14.8. The fourth-order valence-electron chi connectivity index (χ4n) is 2.16. The molecule has 0 atom stereocenters. The predicted molar refractivity (Wildman–Crippen MR) is 69.5 cm³/mol. The van der Waals surface area contributed by atoms with Crippen LogP contribution in [0.5, 0.6) is 0 Å². The summed E-state index contributed by atoms with van der Waals surface area (Å²) >= 11 is 0. The Morgan fingerprint density at radius 2 is 1.61 bits per heavy atom. The van der Waals surface area contributed by atoms with Gasteiger partial charge in [-0.05, 0) is 33.6 Å². The molecular formula is C13H24N2O3. The number of carbonyl (C=O) groups excluding carboxylic acids is 1. The van der Waals surface area contributed by atoms with Crippen molar-refractivity contribution in [1.29, 1.82) is 0 Å². The van der Waals surface area contributed by atoms with Crippen molar-refractivity contribution in [2.24, 2.45) is 0 Å². The van der Waals surface area contributed by atoms with Gasteiger partial charge < -0.3 is 14.9 Å². The van der Waals surface area contributed by atoms with Gasteiger partial charge in [-0.2, -0.15) is 0 Å². The van der Waals surface area contributed by atoms with Gasteiger partial charge in [0, 0.05) is 18.6 Å². The number of amides is 2. The molecule has 0 unspecified atom stereocenters. The molecule has 1 rings (SSSR count). The first-order valence-electron chi connectivity index (χ1n) is 6.60. The van der Waals surface area contributed by atoms with E-state index in [0.717, 1.165) is 38.8 Å². The molecule has 104 valence electrons. The van der Waals surface area contributed by atoms with E-state index in [0.29, 0.717) is 0 Å². The lowest BCUT2D eigenvalue weighted by Crippen LogP contribution is -2.53. The van der Waals surface area contributed by atoms with Crippen LogP contribution in [0.15, 0.2) is 0 Å². The molecule has 1 aliphatic rings. The molecule has 5 nitrogen and oxygen atoms in total. The van der Waals surface area contributed by atoms with Crippen molar-refractivity contribution < 1.29 is 14.7 Å². The maximum absolute atomic E-state index is 12.4. The maximum Gasteiger partial charge on any atom is 0.323 e. The van der Waals surface area contributed by atoms with E-state index in [1.54, 1.807) is 4.90 Å². The quantitative estimate of drug-likeness (QED) is 0.823. The maximum atomic E-state index is 12.4. The highest BCUT2D eigenvalue weighted by molar-refractivity contribution is 5.80. The van der Waals surface area contributed by atoms with E-state index in [2.05, 4.69) is 0 Å². The molecule has 2 amide bonds. The summed E-state index contributed by atoms with van der Waals surface area (Å²) in [6.07, 6.45) is 4.32. The molecule has 0 spiro atoms. The second-order valence-corrected chi connectivity index (χ2v) is 5.83. The largest absolute Gasteiger partial charge is 0.480 e. The Morgan fingerprint density at radius 1 is 1.11 bits per heavy atom. The van der Waals surface area contributed by atoms with Crippen LogP contribution in [0.1, 0.15) is 46.5 Å². The van der Waals surface area contributed by atoms with Crippen molar-refractivity contribution in [2.75, 3.05) is 19.6 Å². The zero-order valence-electron chi connectivity index (χ0n) is 11.6. The van der Waals surface area contributed by atoms with Crippen LogP contribution >= 0.6 is 0 Å². The summed E-state index contributed by atoms with van der Waals surface area (Å²) in [4.78, 5) is 26.6. The van der Waals surface area contributed by atoms with Crippen molar-refractivity contribution in [2.45, 2.75) is 52.0 Å². The standard InChI is InChI=1S/C13H24N2O3/c1-13(2,3)15(10-11(16)17)12(18)14-8-6-4-5-7-9-14/h4-10H2,1-3H3,(H,16,17). The number of carboxylic acid groups (broad SMARTS) is 1. The van der Waals surface area contributed by atoms with Crippen LogP contribution in [0.2, 0.25) is 0 Å². The average Bonchev–Trinajstić information content (AvgIpc) is 2.51. The molecule has 1 fully saturated rings. The number of carboxylic acids is 1. The number of hydrogen-bond donors (Lipinski definition) is 1. The highest BCUT2D eigenvalue weighted by atomic mass is 16.4. The molecule has 0 bridgehead atoms. The Labute approximate surface area is 109 Å². The summed E-state index contributed by atoms with van der Waals surface area (Å²) in [6.45, 7) is 6.85. The summed E-state index contributed by atoms with van der Waals surface area (Å²) in [5.74, 6) is -0.965. The highest BCUT2D eigenvalue weighted by Crippen LogP contribution is 2.18. The molecule has 0 aromatic carbocycles. The third kappa shape index (κ3) is 4.20. The van der Waals surface area contributed by atoms with Crippen LogP contribution in [0, 0.1) is 0 Å². The third-order valence-corrected chi connectivity index (χ3v) is 3.21. The van der Waals surface area contributed by atoms with E-state index in [4.69, 9.17) is 5.11 Å². The SMILES string of the molecule is CC(C)(C)N(CC(=O)O)C(=O)N1CCCCCC1. The zero-order valence-corrected chi connectivity index (χ0v) is 11.6. The lowest BCUT2D eigenvalue weighted by atomic mass is 10.1. The molecule has 1 saturated heterocycles. The van der Waals surface area contributed by atoms with Crippen molar-refractivity contribution in [3.63, 3.8) is 0 Å². The Hall–Kier alpha value is -1.26. The summed E-state index contributed by atoms with van der Waals surface area (Å²) < 4.78 is 0. The Morgan fingerprint density at radius 3 is 2.00 bits per heavy atom. The van der Waals surface area contributed by atoms with Crippen LogP contribution < -0.4 is 0 Å². The zero-order chi connectivity index (χ0) is 13.8. The molecule has 18 heavy (non-hydrogen) atoms. The van der Waals surface area contributed by atoms with E-state index < -0.39 is 11.5 Å². The van der Waals surface area contributed by atoms with Gasteiger partial charge in [-0.1, -0.05) is 12.8 Å². The number of hydrogen-bond acceptors (Lipinski definition) is 2. The monoisotopic (exact) mass is 256 g/mol. The van der Waals surface area contributed by atoms with Crippen molar-refractivity contribution in [3.8, 4) is 0 Å². The Kier molecular flexibility index (Phi) is 4.99. The average molecular weight is 256 g/mol. The fourth-order valence-corrected chi connectivity index (χ4v) is 2.16. The summed E-state index contributed by atoms with van der Waals surface area (Å²) in [7, 11) is 0. The summed E-state index contributed by atoms with van der Waals surface area (Å²) in [5.41, 5.74) is -0.470. The molecule has 0 radical (unpaired) electrons. The third-order valence-electron chi connectivity index (χ3n) is 3.21. The lowest BCUT2D eigenvalue weighted by molar-refractivity contribution is -0.138. The van der Waals surface area contributed by atoms with Gasteiger partial charge in [0.25, 0.3) is 0 Å². The minimum absolute atomic E-state index is 0.146. The molecule has 1 N–H and O–H groups in total. The van der Waals surface area contributed by atoms with Gasteiger partial charge in [-0.25, -0.2) is 4.79 Å². The van der Waals surface area contributed by atoms with Gasteiger partial charge in [-0.15, -0.1) is 0 Å². The first-order valence-corrected chi connectivity index (χ1v) is 6.60. The van der Waals surface area contributed by atoms with Crippen LogP contribution in [0.3, 0.4) is 0 Å². The van der Waals surface area contributed by atoms with Gasteiger partial charge in [0.2, 0.25) is 0 Å². The van der Waals surface area contributed by atoms with Crippen LogP contribution in [-0.4, -0.2) is 52.1 Å².